The highest BCUT2D eigenvalue weighted by Crippen LogP contribution is 2.58. The Bertz CT molecular complexity index is 1990. The monoisotopic (exact) mass is 597 g/mol. The predicted octanol–water partition coefficient (Wildman–Crippen LogP) is 11.9. The number of rotatable bonds is 5. The van der Waals surface area contributed by atoms with Crippen LogP contribution in [0.3, 0.4) is 0 Å². The molecule has 0 amide bonds. The molecule has 0 unspecified atom stereocenters. The molecule has 0 saturated heterocycles. The quantitative estimate of drug-likeness (QED) is 0.146. The zero-order valence-corrected chi connectivity index (χ0v) is 24.8. The first-order valence-electron chi connectivity index (χ1n) is 13.2. The number of nitrogens with zero attached hydrogens (tertiary/aromatic N) is 3. The molecule has 1 aliphatic rings. The van der Waals surface area contributed by atoms with E-state index in [1.165, 1.54) is 35.8 Å². The topological polar surface area (TPSA) is 31.4 Å². The van der Waals surface area contributed by atoms with Gasteiger partial charge >= 0.3 is 0 Å². The highest BCUT2D eigenvalue weighted by atomic mass is 32.1. The molecule has 0 atom stereocenters. The molecule has 6 heteroatoms. The molecule has 0 saturated carbocycles. The fourth-order valence-electron chi connectivity index (χ4n) is 5.68. The Morgan fingerprint density at radius 3 is 2.17 bits per heavy atom. The second kappa shape index (κ2) is 10.7. The number of hydrogen-bond donors (Lipinski definition) is 0. The van der Waals surface area contributed by atoms with Crippen LogP contribution in [0.2, 0.25) is 0 Å². The second-order valence-electron chi connectivity index (χ2n) is 10.4. The first-order chi connectivity index (χ1) is 20.0. The van der Waals surface area contributed by atoms with E-state index in [1.807, 2.05) is 34.8 Å². The van der Waals surface area contributed by atoms with Crippen LogP contribution in [-0.4, -0.2) is 0 Å². The average Bonchev–Trinajstić information content (AvgIpc) is 3.75. The molecule has 3 aromatic heterocycles. The van der Waals surface area contributed by atoms with Gasteiger partial charge in [-0.1, -0.05) is 63.7 Å². The van der Waals surface area contributed by atoms with Crippen molar-refractivity contribution in [1.29, 1.82) is 5.26 Å². The molecule has 7 rings (SSSR count). The van der Waals surface area contributed by atoms with Crippen molar-refractivity contribution in [3.63, 3.8) is 0 Å². The molecule has 0 aliphatic heterocycles. The van der Waals surface area contributed by atoms with Gasteiger partial charge in [-0.25, -0.2) is 10.1 Å². The van der Waals surface area contributed by atoms with Gasteiger partial charge in [0.25, 0.3) is 5.70 Å². The number of benzene rings is 3. The summed E-state index contributed by atoms with van der Waals surface area (Å²) < 4.78 is 2.67. The molecule has 3 nitrogen and oxygen atoms in total. The van der Waals surface area contributed by atoms with Gasteiger partial charge in [0, 0.05) is 46.7 Å². The van der Waals surface area contributed by atoms with Crippen molar-refractivity contribution in [2.45, 2.75) is 26.7 Å². The summed E-state index contributed by atoms with van der Waals surface area (Å²) >= 11 is 5.36. The van der Waals surface area contributed by atoms with Crippen molar-refractivity contribution in [3.05, 3.63) is 130 Å². The van der Waals surface area contributed by atoms with Crippen LogP contribution in [0.25, 0.3) is 40.5 Å². The van der Waals surface area contributed by atoms with Crippen molar-refractivity contribution in [1.82, 2.24) is 0 Å². The third kappa shape index (κ3) is 4.46. The molecule has 0 N–H and O–H groups in total. The smallest absolute Gasteiger partial charge is 0.263 e. The SMILES string of the molecule is C.[C-]#[N+]/C(C#N)=C\c1ccc(-c2cc3sc4c(c3s2)C(C)(C)c2cc(N(c3ccccc3)c3ccccc3)ccc2-4)s1. The van der Waals surface area contributed by atoms with Crippen molar-refractivity contribution < 1.29 is 0 Å². The minimum absolute atomic E-state index is 0. The Balaban J connectivity index is 0.00000316. The van der Waals surface area contributed by atoms with Gasteiger partial charge in [-0.15, -0.1) is 34.0 Å². The first kappa shape index (κ1) is 27.7. The van der Waals surface area contributed by atoms with Gasteiger partial charge in [-0.2, -0.15) is 0 Å². The molecule has 42 heavy (non-hydrogen) atoms. The summed E-state index contributed by atoms with van der Waals surface area (Å²) in [5, 5.41) is 9.13. The van der Waals surface area contributed by atoms with Crippen LogP contribution < -0.4 is 4.90 Å². The molecule has 1 aliphatic carbocycles. The highest BCUT2D eigenvalue weighted by Gasteiger charge is 2.40. The fourth-order valence-corrected chi connectivity index (χ4v) is 9.69. The zero-order valence-electron chi connectivity index (χ0n) is 22.4. The van der Waals surface area contributed by atoms with E-state index in [2.05, 4.69) is 115 Å². The molecule has 204 valence electrons. The lowest BCUT2D eigenvalue weighted by atomic mass is 9.82. The summed E-state index contributed by atoms with van der Waals surface area (Å²) in [6.07, 6.45) is 1.67. The molecule has 6 aromatic rings. The fraction of sp³-hybridized carbons (Fsp3) is 0.111. The number of anilines is 3. The van der Waals surface area contributed by atoms with Gasteiger partial charge < -0.3 is 4.90 Å². The molecule has 3 heterocycles. The lowest BCUT2D eigenvalue weighted by Crippen LogP contribution is -2.16. The van der Waals surface area contributed by atoms with Gasteiger partial charge in [0.1, 0.15) is 0 Å². The van der Waals surface area contributed by atoms with Crippen LogP contribution in [0.1, 0.15) is 37.3 Å². The molecular weight excluding hydrogens is 571 g/mol. The van der Waals surface area contributed by atoms with Crippen LogP contribution in [-0.2, 0) is 5.41 Å². The van der Waals surface area contributed by atoms with Crippen LogP contribution in [0.5, 0.6) is 0 Å². The van der Waals surface area contributed by atoms with Gasteiger partial charge in [0.05, 0.1) is 17.3 Å². The van der Waals surface area contributed by atoms with Gasteiger partial charge in [0.2, 0.25) is 0 Å². The number of para-hydroxylation sites is 2. The Hall–Kier alpha value is -4.46. The molecule has 0 radical (unpaired) electrons. The van der Waals surface area contributed by atoms with Crippen molar-refractivity contribution in [2.75, 3.05) is 4.90 Å². The van der Waals surface area contributed by atoms with Gasteiger partial charge in [0.15, 0.2) is 0 Å². The largest absolute Gasteiger partial charge is 0.310 e. The summed E-state index contributed by atoms with van der Waals surface area (Å²) in [4.78, 5) is 10.3. The van der Waals surface area contributed by atoms with E-state index in [9.17, 15) is 0 Å². The van der Waals surface area contributed by atoms with Crippen molar-refractivity contribution in [3.8, 4) is 26.3 Å². The van der Waals surface area contributed by atoms with E-state index < -0.39 is 0 Å². The van der Waals surface area contributed by atoms with E-state index in [0.29, 0.717) is 0 Å². The third-order valence-electron chi connectivity index (χ3n) is 7.58. The summed E-state index contributed by atoms with van der Waals surface area (Å²) in [5.74, 6) is 0. The molecule has 0 bridgehead atoms. The summed E-state index contributed by atoms with van der Waals surface area (Å²) in [7, 11) is 0. The minimum atomic E-state index is -0.138. The maximum absolute atomic E-state index is 9.13. The molecule has 0 fully saturated rings. The second-order valence-corrected chi connectivity index (χ2v) is 13.6. The summed E-state index contributed by atoms with van der Waals surface area (Å²) in [6.45, 7) is 11.9. The number of nitriles is 1. The van der Waals surface area contributed by atoms with E-state index in [4.69, 9.17) is 11.8 Å². The summed E-state index contributed by atoms with van der Waals surface area (Å²) in [6, 6.07) is 36.4. The van der Waals surface area contributed by atoms with E-state index >= 15 is 0 Å². The highest BCUT2D eigenvalue weighted by molar-refractivity contribution is 7.32. The molecule has 3 aromatic carbocycles. The lowest BCUT2D eigenvalue weighted by Gasteiger charge is -2.28. The number of fused-ring (bicyclic) bond motifs is 5. The Morgan fingerprint density at radius 1 is 0.833 bits per heavy atom. The van der Waals surface area contributed by atoms with E-state index in [0.717, 1.165) is 26.8 Å². The Morgan fingerprint density at radius 2 is 1.52 bits per heavy atom. The molecule has 0 spiro atoms. The normalized spacial score (nSPS) is 13.1. The van der Waals surface area contributed by atoms with E-state index in [1.54, 1.807) is 17.4 Å². The predicted molar refractivity (Wildman–Crippen MR) is 182 cm³/mol. The van der Waals surface area contributed by atoms with Crippen LogP contribution >= 0.6 is 34.0 Å². The number of thiophene rings is 3. The maximum atomic E-state index is 9.13. The minimum Gasteiger partial charge on any atom is -0.310 e. The Labute approximate surface area is 258 Å². The van der Waals surface area contributed by atoms with Gasteiger partial charge in [-0.05, 0) is 77.4 Å². The first-order valence-corrected chi connectivity index (χ1v) is 15.6. The van der Waals surface area contributed by atoms with Gasteiger partial charge in [-0.3, -0.25) is 0 Å². The number of allylic oxidation sites excluding steroid dienone is 1. The maximum Gasteiger partial charge on any atom is 0.263 e. The lowest BCUT2D eigenvalue weighted by molar-refractivity contribution is 0.668. The average molecular weight is 598 g/mol. The Kier molecular flexibility index (Phi) is 7.09. The van der Waals surface area contributed by atoms with Crippen LogP contribution in [0.15, 0.2) is 103 Å². The van der Waals surface area contributed by atoms with Crippen molar-refractivity contribution in [2.24, 2.45) is 0 Å². The summed E-state index contributed by atoms with van der Waals surface area (Å²) in [5.41, 5.74) is 7.51. The van der Waals surface area contributed by atoms with Crippen molar-refractivity contribution >= 4 is 66.5 Å². The van der Waals surface area contributed by atoms with E-state index in [-0.39, 0.29) is 18.5 Å². The van der Waals surface area contributed by atoms with Crippen LogP contribution in [0, 0.1) is 17.9 Å². The zero-order chi connectivity index (χ0) is 28.1. The van der Waals surface area contributed by atoms with Crippen LogP contribution in [0.4, 0.5) is 17.1 Å². The molecular formula is C36H27N3S3. The number of hydrogen-bond acceptors (Lipinski definition) is 5. The standard InChI is InChI=1S/C35H23N3S3.CH4/c1-35(2)28-19-25(38(23-10-6-4-7-11-23)24-12-8-5-9-13-24)14-16-27(28)33-32(35)34-31(41-33)20-30(40-34)29-17-15-26(39-29)18-22(21-36)37-3;/h4-20H,1-2H3;1H4/b22-18-;. The third-order valence-corrected chi connectivity index (χ3v) is 11.3.